The van der Waals surface area contributed by atoms with Gasteiger partial charge in [0.2, 0.25) is 10.0 Å². The molecule has 164 valence electrons. The summed E-state index contributed by atoms with van der Waals surface area (Å²) >= 11 is 0. The molecule has 0 heterocycles. The summed E-state index contributed by atoms with van der Waals surface area (Å²) in [5, 5.41) is 1.13. The predicted molar refractivity (Wildman–Crippen MR) is 115 cm³/mol. The summed E-state index contributed by atoms with van der Waals surface area (Å²) in [7, 11) is -4.69. The van der Waals surface area contributed by atoms with Crippen molar-refractivity contribution < 1.29 is 30.5 Å². The number of ether oxygens (including phenoxy) is 2. The first-order valence-corrected chi connectivity index (χ1v) is 12.2. The van der Waals surface area contributed by atoms with Crippen LogP contribution in [0, 0.1) is 0 Å². The van der Waals surface area contributed by atoms with Gasteiger partial charge in [-0.25, -0.2) is 8.42 Å². The quantitative estimate of drug-likeness (QED) is 0.480. The van der Waals surface area contributed by atoms with E-state index in [9.17, 15) is 16.8 Å². The Morgan fingerprint density at radius 1 is 0.967 bits per heavy atom. The van der Waals surface area contributed by atoms with Gasteiger partial charge in [-0.1, -0.05) is 36.4 Å². The molecule has 0 aliphatic rings. The number of sulfonamides is 1. The van der Waals surface area contributed by atoms with Crippen LogP contribution in [-0.2, 0) is 31.4 Å². The van der Waals surface area contributed by atoms with Gasteiger partial charge in [0.15, 0.2) is 11.5 Å². The van der Waals surface area contributed by atoms with Crippen molar-refractivity contribution in [1.29, 1.82) is 0 Å². The van der Waals surface area contributed by atoms with Gasteiger partial charge in [-0.3, -0.25) is 0 Å². The summed E-state index contributed by atoms with van der Waals surface area (Å²) in [6, 6.07) is 13.7. The normalized spacial score (nSPS) is 12.4. The second-order valence-corrected chi connectivity index (χ2v) is 9.75. The maximum atomic E-state index is 12.9. The highest BCUT2D eigenvalue weighted by atomic mass is 32.2. The van der Waals surface area contributed by atoms with Gasteiger partial charge in [-0.05, 0) is 29.3 Å². The lowest BCUT2D eigenvalue weighted by molar-refractivity contribution is 0.178. The summed E-state index contributed by atoms with van der Waals surface area (Å²) in [5.74, 6) is 0.209. The number of nitrogens with zero attached hydrogens (tertiary/aromatic N) is 1. The van der Waals surface area contributed by atoms with Crippen LogP contribution in [0.4, 0.5) is 0 Å². The molecule has 0 fully saturated rings. The average molecular weight is 456 g/mol. The van der Waals surface area contributed by atoms with Crippen LogP contribution in [0.3, 0.4) is 0 Å². The third-order valence-electron chi connectivity index (χ3n) is 3.96. The van der Waals surface area contributed by atoms with Crippen LogP contribution in [0.2, 0.25) is 0 Å². The molecule has 0 bridgehead atoms. The first-order chi connectivity index (χ1) is 14.1. The zero-order chi connectivity index (χ0) is 22.2. The molecule has 0 amide bonds. The van der Waals surface area contributed by atoms with Crippen LogP contribution in [0.5, 0.6) is 11.5 Å². The van der Waals surface area contributed by atoms with Gasteiger partial charge in [0.05, 0.1) is 20.0 Å². The lowest BCUT2D eigenvalue weighted by Crippen LogP contribution is -2.32. The third-order valence-corrected chi connectivity index (χ3v) is 5.96. The highest BCUT2D eigenvalue weighted by Crippen LogP contribution is 2.30. The fourth-order valence-corrected chi connectivity index (χ4v) is 4.17. The highest BCUT2D eigenvalue weighted by molar-refractivity contribution is 7.92. The topological polar surface area (TPSA) is 99.2 Å². The SMILES string of the molecule is COCCN(Cc1ccc(OC)c(OS(C)(=O)=O)c1)S(=O)(=O)C=Cc1ccccc1. The Morgan fingerprint density at radius 3 is 2.27 bits per heavy atom. The Bertz CT molecular complexity index is 1070. The second kappa shape index (κ2) is 10.6. The standard InChI is InChI=1S/C20H25NO7S2/c1-26-13-12-21(30(24,25)14-11-17-7-5-4-6-8-17)16-18-9-10-19(27-2)20(15-18)28-29(3,22)23/h4-11,14-15H,12-13,16H2,1-3H3. The molecule has 0 atom stereocenters. The zero-order valence-electron chi connectivity index (χ0n) is 17.0. The Balaban J connectivity index is 2.31. The second-order valence-electron chi connectivity index (χ2n) is 6.36. The van der Waals surface area contributed by atoms with Gasteiger partial charge in [0, 0.05) is 25.6 Å². The van der Waals surface area contributed by atoms with E-state index in [1.807, 2.05) is 18.2 Å². The van der Waals surface area contributed by atoms with E-state index in [-0.39, 0.29) is 31.2 Å². The van der Waals surface area contributed by atoms with Crippen LogP contribution in [0.1, 0.15) is 11.1 Å². The maximum Gasteiger partial charge on any atom is 0.306 e. The highest BCUT2D eigenvalue weighted by Gasteiger charge is 2.21. The molecule has 2 aromatic carbocycles. The van der Waals surface area contributed by atoms with Gasteiger partial charge in [0.25, 0.3) is 0 Å². The molecule has 0 saturated heterocycles. The molecule has 0 aliphatic carbocycles. The lowest BCUT2D eigenvalue weighted by atomic mass is 10.2. The number of rotatable bonds is 11. The molecule has 30 heavy (non-hydrogen) atoms. The van der Waals surface area contributed by atoms with Crippen molar-refractivity contribution in [3.8, 4) is 11.5 Å². The molecule has 0 spiro atoms. The average Bonchev–Trinajstić information content (AvgIpc) is 2.69. The Labute approximate surface area is 177 Å². The molecule has 0 aromatic heterocycles. The zero-order valence-corrected chi connectivity index (χ0v) is 18.6. The van der Waals surface area contributed by atoms with Crippen LogP contribution in [-0.4, -0.2) is 54.8 Å². The van der Waals surface area contributed by atoms with Gasteiger partial charge >= 0.3 is 10.1 Å². The Hall–Kier alpha value is -2.40. The summed E-state index contributed by atoms with van der Waals surface area (Å²) in [4.78, 5) is 0. The van der Waals surface area contributed by atoms with Crippen molar-refractivity contribution >= 4 is 26.2 Å². The molecule has 0 N–H and O–H groups in total. The molecule has 8 nitrogen and oxygen atoms in total. The minimum absolute atomic E-state index is 0.00502. The van der Waals surface area contributed by atoms with Gasteiger partial charge in [-0.2, -0.15) is 12.7 Å². The number of methoxy groups -OCH3 is 2. The van der Waals surface area contributed by atoms with E-state index in [2.05, 4.69) is 0 Å². The van der Waals surface area contributed by atoms with Crippen molar-refractivity contribution in [2.24, 2.45) is 0 Å². The van der Waals surface area contributed by atoms with E-state index in [0.29, 0.717) is 5.56 Å². The minimum atomic E-state index is -3.78. The summed E-state index contributed by atoms with van der Waals surface area (Å²) in [5.41, 5.74) is 1.28. The van der Waals surface area contributed by atoms with Crippen LogP contribution >= 0.6 is 0 Å². The van der Waals surface area contributed by atoms with Gasteiger partial charge in [-0.15, -0.1) is 0 Å². The predicted octanol–water partition coefficient (Wildman–Crippen LogP) is 2.48. The number of benzene rings is 2. The Kier molecular flexibility index (Phi) is 8.42. The lowest BCUT2D eigenvalue weighted by Gasteiger charge is -2.21. The monoisotopic (exact) mass is 455 g/mol. The molecular weight excluding hydrogens is 430 g/mol. The van der Waals surface area contributed by atoms with E-state index in [1.54, 1.807) is 18.2 Å². The van der Waals surface area contributed by atoms with Crippen molar-refractivity contribution in [1.82, 2.24) is 4.31 Å². The largest absolute Gasteiger partial charge is 0.493 e. The van der Waals surface area contributed by atoms with Crippen molar-refractivity contribution in [2.75, 3.05) is 33.6 Å². The molecule has 2 aromatic rings. The van der Waals surface area contributed by atoms with E-state index in [4.69, 9.17) is 13.7 Å². The van der Waals surface area contributed by atoms with E-state index in [0.717, 1.165) is 17.2 Å². The van der Waals surface area contributed by atoms with Gasteiger partial charge in [0.1, 0.15) is 0 Å². The van der Waals surface area contributed by atoms with Crippen LogP contribution in [0.25, 0.3) is 6.08 Å². The number of hydrogen-bond donors (Lipinski definition) is 0. The fraction of sp³-hybridized carbons (Fsp3) is 0.300. The maximum absolute atomic E-state index is 12.9. The van der Waals surface area contributed by atoms with Crippen molar-refractivity contribution in [2.45, 2.75) is 6.54 Å². The summed E-state index contributed by atoms with van der Waals surface area (Å²) in [6.45, 7) is 0.308. The summed E-state index contributed by atoms with van der Waals surface area (Å²) in [6.07, 6.45) is 2.43. The number of hydrogen-bond acceptors (Lipinski definition) is 7. The van der Waals surface area contributed by atoms with Crippen molar-refractivity contribution in [3.05, 3.63) is 65.1 Å². The Morgan fingerprint density at radius 2 is 1.67 bits per heavy atom. The smallest absolute Gasteiger partial charge is 0.306 e. The first-order valence-electron chi connectivity index (χ1n) is 8.93. The van der Waals surface area contributed by atoms with Crippen LogP contribution < -0.4 is 8.92 Å². The summed E-state index contributed by atoms with van der Waals surface area (Å²) < 4.78 is 65.1. The molecule has 10 heteroatoms. The van der Waals surface area contributed by atoms with Crippen LogP contribution in [0.15, 0.2) is 53.9 Å². The third kappa shape index (κ3) is 7.45. The fourth-order valence-electron chi connectivity index (χ4n) is 2.56. The first kappa shape index (κ1) is 23.9. The van der Waals surface area contributed by atoms with Gasteiger partial charge < -0.3 is 13.7 Å². The van der Waals surface area contributed by atoms with E-state index in [1.165, 1.54) is 36.7 Å². The van der Waals surface area contributed by atoms with E-state index < -0.39 is 20.1 Å². The molecule has 0 radical (unpaired) electrons. The molecule has 0 unspecified atom stereocenters. The molecule has 0 aliphatic heterocycles. The minimum Gasteiger partial charge on any atom is -0.493 e. The van der Waals surface area contributed by atoms with Crippen molar-refractivity contribution in [3.63, 3.8) is 0 Å². The molecule has 0 saturated carbocycles. The molecular formula is C20H25NO7S2. The molecule has 2 rings (SSSR count). The van der Waals surface area contributed by atoms with E-state index >= 15 is 0 Å².